The monoisotopic (exact) mass is 168 g/mol. The molecule has 1 rings (SSSR count). The maximum atomic E-state index is 10.1. The Morgan fingerprint density at radius 2 is 1.92 bits per heavy atom. The second-order valence-electron chi connectivity index (χ2n) is 4.57. The molecule has 70 valence electrons. The summed E-state index contributed by atoms with van der Waals surface area (Å²) >= 11 is 0. The van der Waals surface area contributed by atoms with Gasteiger partial charge in [0.15, 0.2) is 0 Å². The fourth-order valence-corrected chi connectivity index (χ4v) is 2.67. The highest BCUT2D eigenvalue weighted by molar-refractivity contribution is 4.92. The van der Waals surface area contributed by atoms with Crippen LogP contribution in [0.25, 0.3) is 0 Å². The number of hydrogen-bond acceptors (Lipinski definition) is 1. The molecule has 0 saturated heterocycles. The Balaban J connectivity index is 2.57. The molecule has 1 N–H and O–H groups in total. The van der Waals surface area contributed by atoms with Crippen LogP contribution < -0.4 is 0 Å². The second-order valence-corrected chi connectivity index (χ2v) is 4.57. The van der Waals surface area contributed by atoms with Crippen LogP contribution in [0.1, 0.15) is 39.5 Å². The largest absolute Gasteiger partial charge is 0.390 e. The molecule has 1 aliphatic carbocycles. The molecular formula is C11H20O. The van der Waals surface area contributed by atoms with Crippen molar-refractivity contribution in [1.82, 2.24) is 0 Å². The van der Waals surface area contributed by atoms with Gasteiger partial charge in [-0.2, -0.15) is 0 Å². The predicted octanol–water partition coefficient (Wildman–Crippen LogP) is 2.75. The minimum absolute atomic E-state index is 0.446. The Bertz CT molecular complexity index is 152. The maximum Gasteiger partial charge on any atom is 0.0687 e. The average molecular weight is 168 g/mol. The smallest absolute Gasteiger partial charge is 0.0687 e. The van der Waals surface area contributed by atoms with Gasteiger partial charge in [-0.3, -0.25) is 0 Å². The first-order valence-electron chi connectivity index (χ1n) is 4.89. The summed E-state index contributed by atoms with van der Waals surface area (Å²) in [4.78, 5) is 0. The van der Waals surface area contributed by atoms with E-state index in [1.54, 1.807) is 0 Å². The minimum Gasteiger partial charge on any atom is -0.390 e. The first-order valence-corrected chi connectivity index (χ1v) is 4.89. The van der Waals surface area contributed by atoms with Crippen molar-refractivity contribution in [2.24, 2.45) is 11.8 Å². The molecule has 1 aliphatic rings. The van der Waals surface area contributed by atoms with E-state index in [1.807, 2.05) is 6.08 Å². The van der Waals surface area contributed by atoms with Gasteiger partial charge < -0.3 is 5.11 Å². The van der Waals surface area contributed by atoms with Crippen molar-refractivity contribution in [3.8, 4) is 0 Å². The zero-order chi connectivity index (χ0) is 9.19. The van der Waals surface area contributed by atoms with Crippen LogP contribution >= 0.6 is 0 Å². The van der Waals surface area contributed by atoms with Crippen LogP contribution in [-0.4, -0.2) is 10.7 Å². The van der Waals surface area contributed by atoms with Gasteiger partial charge in [0, 0.05) is 0 Å². The highest BCUT2D eigenvalue weighted by Gasteiger charge is 2.34. The van der Waals surface area contributed by atoms with Crippen molar-refractivity contribution in [3.63, 3.8) is 0 Å². The summed E-state index contributed by atoms with van der Waals surface area (Å²) in [5.41, 5.74) is -0.446. The van der Waals surface area contributed by atoms with E-state index in [2.05, 4.69) is 20.4 Å². The summed E-state index contributed by atoms with van der Waals surface area (Å²) in [5, 5.41) is 10.1. The van der Waals surface area contributed by atoms with E-state index in [1.165, 1.54) is 6.42 Å². The zero-order valence-electron chi connectivity index (χ0n) is 8.21. The van der Waals surface area contributed by atoms with E-state index in [0.29, 0.717) is 11.8 Å². The summed E-state index contributed by atoms with van der Waals surface area (Å²) in [6.45, 7) is 8.14. The second kappa shape index (κ2) is 3.61. The third kappa shape index (κ3) is 2.34. The van der Waals surface area contributed by atoms with Crippen molar-refractivity contribution in [1.29, 1.82) is 0 Å². The van der Waals surface area contributed by atoms with Gasteiger partial charge in [-0.05, 0) is 37.5 Å². The summed E-state index contributed by atoms with van der Waals surface area (Å²) in [5.74, 6) is 1.33. The topological polar surface area (TPSA) is 20.2 Å². The van der Waals surface area contributed by atoms with Crippen LogP contribution in [0.3, 0.4) is 0 Å². The van der Waals surface area contributed by atoms with Gasteiger partial charge >= 0.3 is 0 Å². The molecule has 0 aliphatic heterocycles. The van der Waals surface area contributed by atoms with Gasteiger partial charge in [0.05, 0.1) is 5.60 Å². The minimum atomic E-state index is -0.446. The Kier molecular flexibility index (Phi) is 2.94. The van der Waals surface area contributed by atoms with Crippen molar-refractivity contribution in [2.75, 3.05) is 0 Å². The van der Waals surface area contributed by atoms with Crippen molar-refractivity contribution < 1.29 is 5.11 Å². The van der Waals surface area contributed by atoms with Crippen LogP contribution in [0.2, 0.25) is 0 Å². The molecule has 1 nitrogen and oxygen atoms in total. The summed E-state index contributed by atoms with van der Waals surface area (Å²) in [7, 11) is 0. The third-order valence-corrected chi connectivity index (χ3v) is 2.79. The van der Waals surface area contributed by atoms with Gasteiger partial charge in [-0.25, -0.2) is 0 Å². The fraction of sp³-hybridized carbons (Fsp3) is 0.818. The molecule has 0 aromatic rings. The van der Waals surface area contributed by atoms with Crippen molar-refractivity contribution in [3.05, 3.63) is 12.7 Å². The van der Waals surface area contributed by atoms with Crippen LogP contribution in [0.15, 0.2) is 12.7 Å². The third-order valence-electron chi connectivity index (χ3n) is 2.79. The Labute approximate surface area is 75.5 Å². The lowest BCUT2D eigenvalue weighted by atomic mass is 9.72. The van der Waals surface area contributed by atoms with Crippen LogP contribution in [0, 0.1) is 11.8 Å². The highest BCUT2D eigenvalue weighted by atomic mass is 16.3. The number of rotatable bonds is 2. The van der Waals surface area contributed by atoms with Gasteiger partial charge in [0.1, 0.15) is 0 Å². The predicted molar refractivity (Wildman–Crippen MR) is 51.9 cm³/mol. The lowest BCUT2D eigenvalue weighted by Gasteiger charge is -2.38. The molecule has 0 aromatic heterocycles. The van der Waals surface area contributed by atoms with Crippen LogP contribution in [0.4, 0.5) is 0 Å². The molecule has 12 heavy (non-hydrogen) atoms. The van der Waals surface area contributed by atoms with Gasteiger partial charge in [-0.15, -0.1) is 6.58 Å². The first kappa shape index (κ1) is 9.79. The number of aliphatic hydroxyl groups is 1. The normalized spacial score (nSPS) is 42.6. The molecule has 0 radical (unpaired) electrons. The molecule has 0 aromatic carbocycles. The molecule has 1 fully saturated rings. The zero-order valence-corrected chi connectivity index (χ0v) is 8.21. The number of hydrogen-bond donors (Lipinski definition) is 1. The van der Waals surface area contributed by atoms with Crippen LogP contribution in [-0.2, 0) is 0 Å². The molecule has 0 spiro atoms. The SMILES string of the molecule is C=CCC1(O)CC(C)CC(C)C1. The maximum absolute atomic E-state index is 10.1. The highest BCUT2D eigenvalue weighted by Crippen LogP contribution is 2.37. The lowest BCUT2D eigenvalue weighted by Crippen LogP contribution is -2.37. The summed E-state index contributed by atoms with van der Waals surface area (Å²) < 4.78 is 0. The van der Waals surface area contributed by atoms with E-state index < -0.39 is 5.60 Å². The van der Waals surface area contributed by atoms with Crippen LogP contribution in [0.5, 0.6) is 0 Å². The summed E-state index contributed by atoms with van der Waals surface area (Å²) in [6, 6.07) is 0. The van der Waals surface area contributed by atoms with E-state index in [0.717, 1.165) is 19.3 Å². The van der Waals surface area contributed by atoms with E-state index >= 15 is 0 Å². The summed E-state index contributed by atoms with van der Waals surface area (Å²) in [6.07, 6.45) is 5.75. The quantitative estimate of drug-likeness (QED) is 0.629. The van der Waals surface area contributed by atoms with Crippen molar-refractivity contribution >= 4 is 0 Å². The Morgan fingerprint density at radius 1 is 1.42 bits per heavy atom. The molecule has 2 unspecified atom stereocenters. The Morgan fingerprint density at radius 3 is 2.33 bits per heavy atom. The van der Waals surface area contributed by atoms with Gasteiger partial charge in [0.25, 0.3) is 0 Å². The molecule has 2 atom stereocenters. The molecule has 0 amide bonds. The standard InChI is InChI=1S/C11H20O/c1-4-5-11(12)7-9(2)6-10(3)8-11/h4,9-10,12H,1,5-8H2,2-3H3. The van der Waals surface area contributed by atoms with Gasteiger partial charge in [0.2, 0.25) is 0 Å². The fourth-order valence-electron chi connectivity index (χ4n) is 2.67. The van der Waals surface area contributed by atoms with E-state index in [-0.39, 0.29) is 0 Å². The van der Waals surface area contributed by atoms with E-state index in [4.69, 9.17) is 0 Å². The molecular weight excluding hydrogens is 148 g/mol. The molecule has 0 heterocycles. The lowest BCUT2D eigenvalue weighted by molar-refractivity contribution is -0.0282. The van der Waals surface area contributed by atoms with Crippen molar-refractivity contribution in [2.45, 2.75) is 45.1 Å². The van der Waals surface area contributed by atoms with Gasteiger partial charge in [-0.1, -0.05) is 19.9 Å². The first-order chi connectivity index (χ1) is 5.56. The molecule has 1 heteroatoms. The average Bonchev–Trinajstić information content (AvgIpc) is 1.82. The van der Waals surface area contributed by atoms with E-state index in [9.17, 15) is 5.11 Å². The Hall–Kier alpha value is -0.300. The molecule has 0 bridgehead atoms. The molecule has 1 saturated carbocycles.